The molecule has 8 heteroatoms. The average molecular weight is 363 g/mol. The van der Waals surface area contributed by atoms with E-state index in [4.69, 9.17) is 11.6 Å². The number of rotatable bonds is 3. The van der Waals surface area contributed by atoms with Crippen molar-refractivity contribution in [3.63, 3.8) is 0 Å². The van der Waals surface area contributed by atoms with Crippen molar-refractivity contribution in [1.82, 2.24) is 19.7 Å². The van der Waals surface area contributed by atoms with Gasteiger partial charge in [-0.05, 0) is 36.4 Å². The van der Waals surface area contributed by atoms with Crippen molar-refractivity contribution in [1.29, 1.82) is 0 Å². The number of H-pyrrole nitrogens is 1. The first-order chi connectivity index (χ1) is 12.0. The number of aromatic nitrogens is 4. The molecule has 0 saturated heterocycles. The van der Waals surface area contributed by atoms with Crippen molar-refractivity contribution < 1.29 is 13.2 Å². The van der Waals surface area contributed by atoms with E-state index in [1.54, 1.807) is 18.3 Å². The Morgan fingerprint density at radius 2 is 1.88 bits per heavy atom. The van der Waals surface area contributed by atoms with Crippen LogP contribution in [0.5, 0.6) is 0 Å². The van der Waals surface area contributed by atoms with E-state index in [1.807, 2.05) is 0 Å². The van der Waals surface area contributed by atoms with Crippen LogP contribution in [-0.4, -0.2) is 19.7 Å². The first-order valence-corrected chi connectivity index (χ1v) is 7.67. The number of hydrogen-bond donors (Lipinski definition) is 1. The summed E-state index contributed by atoms with van der Waals surface area (Å²) in [6.07, 6.45) is 0.113. The van der Waals surface area contributed by atoms with Crippen molar-refractivity contribution in [2.75, 3.05) is 0 Å². The summed E-state index contributed by atoms with van der Waals surface area (Å²) in [5.41, 5.74) is 1.35. The summed E-state index contributed by atoms with van der Waals surface area (Å²) in [6, 6.07) is 8.87. The monoisotopic (exact) mass is 362 g/mol. The van der Waals surface area contributed by atoms with Gasteiger partial charge in [-0.15, -0.1) is 0 Å². The van der Waals surface area contributed by atoms with E-state index in [-0.39, 0.29) is 11.5 Å². The van der Waals surface area contributed by atoms with Gasteiger partial charge in [0.25, 0.3) is 6.43 Å². The lowest BCUT2D eigenvalue weighted by atomic mass is 10.2. The van der Waals surface area contributed by atoms with Gasteiger partial charge in [-0.1, -0.05) is 11.6 Å². The molecule has 0 spiro atoms. The molecule has 0 atom stereocenters. The number of imidazole rings is 1. The van der Waals surface area contributed by atoms with Gasteiger partial charge in [0.1, 0.15) is 17.3 Å². The highest BCUT2D eigenvalue weighted by Gasteiger charge is 2.18. The minimum Gasteiger partial charge on any atom is -0.299 e. The van der Waals surface area contributed by atoms with E-state index >= 15 is 0 Å². The van der Waals surface area contributed by atoms with Crippen molar-refractivity contribution in [2.45, 2.75) is 6.43 Å². The summed E-state index contributed by atoms with van der Waals surface area (Å²) in [5, 5.41) is 7.84. The molecule has 0 aliphatic carbocycles. The lowest BCUT2D eigenvalue weighted by Crippen LogP contribution is -1.96. The molecular formula is C17H10ClF3N4. The second-order valence-corrected chi connectivity index (χ2v) is 5.84. The van der Waals surface area contributed by atoms with Gasteiger partial charge < -0.3 is 0 Å². The maximum absolute atomic E-state index is 13.2. The van der Waals surface area contributed by atoms with Crippen molar-refractivity contribution in [2.24, 2.45) is 0 Å². The van der Waals surface area contributed by atoms with Gasteiger partial charge in [0, 0.05) is 22.8 Å². The molecule has 4 nitrogen and oxygen atoms in total. The number of nitrogens with one attached hydrogen (secondary N) is 1. The number of halogens is 4. The zero-order chi connectivity index (χ0) is 17.6. The Morgan fingerprint density at radius 3 is 2.60 bits per heavy atom. The zero-order valence-corrected chi connectivity index (χ0v) is 13.3. The van der Waals surface area contributed by atoms with Crippen LogP contribution < -0.4 is 0 Å². The van der Waals surface area contributed by atoms with Crippen LogP contribution in [0.25, 0.3) is 28.0 Å². The topological polar surface area (TPSA) is 46.5 Å². The van der Waals surface area contributed by atoms with Crippen molar-refractivity contribution >= 4 is 22.5 Å². The fraction of sp³-hybridized carbons (Fsp3) is 0.0588. The standard InChI is InChI=1S/C17H10ClF3N4/c18-13-6-12(5-10-7-22-24-15(10)13)25-8-14(16(20)21)23-17(25)9-1-3-11(19)4-2-9/h1-8,16H,(H,22,24). The first kappa shape index (κ1) is 15.7. The quantitative estimate of drug-likeness (QED) is 0.548. The van der Waals surface area contributed by atoms with E-state index in [1.165, 1.54) is 35.0 Å². The van der Waals surface area contributed by atoms with Crippen LogP contribution in [0.2, 0.25) is 5.02 Å². The van der Waals surface area contributed by atoms with E-state index in [2.05, 4.69) is 15.2 Å². The molecule has 2 aromatic heterocycles. The normalized spacial score (nSPS) is 11.6. The average Bonchev–Trinajstić information content (AvgIpc) is 3.22. The van der Waals surface area contributed by atoms with Crippen LogP contribution in [0.1, 0.15) is 12.1 Å². The third-order valence-corrected chi connectivity index (χ3v) is 4.11. The predicted molar refractivity (Wildman–Crippen MR) is 88.6 cm³/mol. The minimum atomic E-state index is -2.73. The molecular weight excluding hydrogens is 353 g/mol. The SMILES string of the molecule is Fc1ccc(-c2nc(C(F)F)cn2-c2cc(Cl)c3[nH]ncc3c2)cc1. The molecule has 126 valence electrons. The van der Waals surface area contributed by atoms with Gasteiger partial charge in [0.15, 0.2) is 0 Å². The number of aromatic amines is 1. The molecule has 0 amide bonds. The van der Waals surface area contributed by atoms with Gasteiger partial charge in [0.05, 0.1) is 16.7 Å². The molecule has 4 aromatic rings. The number of hydrogen-bond acceptors (Lipinski definition) is 2. The van der Waals surface area contributed by atoms with Crippen LogP contribution in [0.15, 0.2) is 48.8 Å². The van der Waals surface area contributed by atoms with Crippen LogP contribution in [-0.2, 0) is 0 Å². The third-order valence-electron chi connectivity index (χ3n) is 3.81. The van der Waals surface area contributed by atoms with Gasteiger partial charge >= 0.3 is 0 Å². The molecule has 25 heavy (non-hydrogen) atoms. The van der Waals surface area contributed by atoms with E-state index in [0.717, 1.165) is 5.39 Å². The zero-order valence-electron chi connectivity index (χ0n) is 12.5. The van der Waals surface area contributed by atoms with Crippen LogP contribution in [0, 0.1) is 5.82 Å². The summed E-state index contributed by atoms with van der Waals surface area (Å²) in [4.78, 5) is 4.01. The Kier molecular flexibility index (Phi) is 3.73. The highest BCUT2D eigenvalue weighted by Crippen LogP contribution is 2.31. The van der Waals surface area contributed by atoms with E-state index in [0.29, 0.717) is 21.8 Å². The van der Waals surface area contributed by atoms with Crippen LogP contribution >= 0.6 is 11.6 Å². The van der Waals surface area contributed by atoms with Gasteiger partial charge in [-0.3, -0.25) is 9.67 Å². The second kappa shape index (κ2) is 5.93. The number of benzene rings is 2. The summed E-state index contributed by atoms with van der Waals surface area (Å²) < 4.78 is 41.0. The molecule has 0 aliphatic rings. The van der Waals surface area contributed by atoms with Gasteiger partial charge in [-0.2, -0.15) is 5.10 Å². The third kappa shape index (κ3) is 2.76. The van der Waals surface area contributed by atoms with E-state index in [9.17, 15) is 13.2 Å². The first-order valence-electron chi connectivity index (χ1n) is 7.29. The number of nitrogens with zero attached hydrogens (tertiary/aromatic N) is 3. The van der Waals surface area contributed by atoms with Crippen molar-refractivity contribution in [3.8, 4) is 17.1 Å². The number of fused-ring (bicyclic) bond motifs is 1. The Morgan fingerprint density at radius 1 is 1.12 bits per heavy atom. The summed E-state index contributed by atoms with van der Waals surface area (Å²) in [7, 11) is 0. The Hall–Kier alpha value is -2.80. The van der Waals surface area contributed by atoms with Crippen LogP contribution in [0.3, 0.4) is 0 Å². The lowest BCUT2D eigenvalue weighted by molar-refractivity contribution is 0.146. The Labute approximate surface area is 144 Å². The fourth-order valence-electron chi connectivity index (χ4n) is 2.64. The molecule has 0 saturated carbocycles. The fourth-order valence-corrected chi connectivity index (χ4v) is 2.90. The summed E-state index contributed by atoms with van der Waals surface area (Å²) in [5.74, 6) is -0.145. The molecule has 0 radical (unpaired) electrons. The molecule has 0 fully saturated rings. The highest BCUT2D eigenvalue weighted by molar-refractivity contribution is 6.35. The molecule has 0 bridgehead atoms. The smallest absolute Gasteiger partial charge is 0.281 e. The molecule has 0 aliphatic heterocycles. The lowest BCUT2D eigenvalue weighted by Gasteiger charge is -2.09. The molecule has 0 unspecified atom stereocenters. The van der Waals surface area contributed by atoms with Crippen molar-refractivity contribution in [3.05, 3.63) is 65.3 Å². The minimum absolute atomic E-state index is 0.272. The largest absolute Gasteiger partial charge is 0.299 e. The summed E-state index contributed by atoms with van der Waals surface area (Å²) in [6.45, 7) is 0. The number of alkyl halides is 2. The summed E-state index contributed by atoms with van der Waals surface area (Å²) >= 11 is 6.24. The predicted octanol–water partition coefficient (Wildman–Crippen LogP) is 5.15. The maximum Gasteiger partial charge on any atom is 0.281 e. The highest BCUT2D eigenvalue weighted by atomic mass is 35.5. The molecule has 4 rings (SSSR count). The molecule has 2 aromatic carbocycles. The Balaban J connectivity index is 1.94. The second-order valence-electron chi connectivity index (χ2n) is 5.43. The molecule has 2 heterocycles. The van der Waals surface area contributed by atoms with E-state index < -0.39 is 12.2 Å². The van der Waals surface area contributed by atoms with Gasteiger partial charge in [-0.25, -0.2) is 18.2 Å². The Bertz CT molecular complexity index is 1050. The van der Waals surface area contributed by atoms with Crippen LogP contribution in [0.4, 0.5) is 13.2 Å². The molecule has 1 N–H and O–H groups in total. The van der Waals surface area contributed by atoms with Gasteiger partial charge in [0.2, 0.25) is 0 Å². The maximum atomic E-state index is 13.2.